The van der Waals surface area contributed by atoms with E-state index < -0.39 is 12.8 Å². The van der Waals surface area contributed by atoms with Crippen LogP contribution in [0.25, 0.3) is 0 Å². The van der Waals surface area contributed by atoms with Gasteiger partial charge in [-0.15, -0.1) is 0 Å². The Hall–Kier alpha value is -1.76. The topological polar surface area (TPSA) is 55.6 Å². The average molecular weight is 304 g/mol. The van der Waals surface area contributed by atoms with Crippen LogP contribution in [0.1, 0.15) is 24.9 Å². The second kappa shape index (κ2) is 7.31. The smallest absolute Gasteiger partial charge is 0.399 e. The number of carbonyl (C=O) groups excluding carboxylic acids is 1. The fourth-order valence-electron chi connectivity index (χ4n) is 1.78. The molecule has 0 heterocycles. The summed E-state index contributed by atoms with van der Waals surface area (Å²) in [6.07, 6.45) is -4.47. The van der Waals surface area contributed by atoms with Crippen LogP contribution in [-0.2, 0) is 9.53 Å². The number of carbonyl (C=O) groups is 1. The highest BCUT2D eigenvalue weighted by Crippen LogP contribution is 2.21. The van der Waals surface area contributed by atoms with Crippen molar-refractivity contribution >= 4 is 11.6 Å². The summed E-state index contributed by atoms with van der Waals surface area (Å²) in [4.78, 5) is 13.4. The Morgan fingerprint density at radius 3 is 2.67 bits per heavy atom. The van der Waals surface area contributed by atoms with E-state index in [4.69, 9.17) is 5.73 Å². The highest BCUT2D eigenvalue weighted by atomic mass is 19.4. The molecule has 1 unspecified atom stereocenters. The summed E-state index contributed by atoms with van der Waals surface area (Å²) in [5, 5.41) is 0. The van der Waals surface area contributed by atoms with Crippen LogP contribution >= 0.6 is 0 Å². The monoisotopic (exact) mass is 304 g/mol. The molecular weight excluding hydrogens is 285 g/mol. The zero-order valence-electron chi connectivity index (χ0n) is 12.0. The Bertz CT molecular complexity index is 478. The molecule has 1 rings (SSSR count). The third-order valence-corrected chi connectivity index (χ3v) is 3.09. The van der Waals surface area contributed by atoms with E-state index in [1.54, 1.807) is 25.2 Å². The van der Waals surface area contributed by atoms with E-state index in [9.17, 15) is 18.0 Å². The second-order valence-corrected chi connectivity index (χ2v) is 4.77. The number of alkyl halides is 3. The predicted molar refractivity (Wildman–Crippen MR) is 73.5 cm³/mol. The van der Waals surface area contributed by atoms with E-state index in [2.05, 4.69) is 4.74 Å². The van der Waals surface area contributed by atoms with Crippen LogP contribution in [0.5, 0.6) is 0 Å². The molecule has 0 aliphatic carbocycles. The number of nitrogens with two attached hydrogens (primary N) is 1. The molecule has 0 radical (unpaired) electrons. The molecule has 0 spiro atoms. The largest absolute Gasteiger partial charge is 0.411 e. The molecule has 0 aliphatic rings. The van der Waals surface area contributed by atoms with Crippen molar-refractivity contribution in [2.75, 3.05) is 26.0 Å². The highest BCUT2D eigenvalue weighted by Gasteiger charge is 2.27. The number of hydrogen-bond acceptors (Lipinski definition) is 3. The minimum atomic E-state index is -4.37. The van der Waals surface area contributed by atoms with Crippen molar-refractivity contribution in [3.8, 4) is 0 Å². The molecule has 21 heavy (non-hydrogen) atoms. The van der Waals surface area contributed by atoms with E-state index >= 15 is 0 Å². The molecule has 0 aromatic heterocycles. The Balaban J connectivity index is 2.47. The number of benzene rings is 1. The molecule has 1 amide bonds. The predicted octanol–water partition coefficient (Wildman–Crippen LogP) is 2.76. The lowest BCUT2D eigenvalue weighted by molar-refractivity contribution is -0.175. The Kier molecular flexibility index (Phi) is 6.02. The van der Waals surface area contributed by atoms with Crippen molar-refractivity contribution in [3.05, 3.63) is 29.8 Å². The van der Waals surface area contributed by atoms with Crippen LogP contribution in [0.2, 0.25) is 0 Å². The third kappa shape index (κ3) is 6.03. The van der Waals surface area contributed by atoms with Gasteiger partial charge < -0.3 is 15.4 Å². The van der Waals surface area contributed by atoms with Gasteiger partial charge >= 0.3 is 6.18 Å². The molecule has 1 aromatic carbocycles. The number of nitrogen functional groups attached to an aromatic ring is 1. The Morgan fingerprint density at radius 2 is 2.10 bits per heavy atom. The molecule has 118 valence electrons. The number of halogens is 3. The molecule has 0 bridgehead atoms. The Labute approximate surface area is 121 Å². The summed E-state index contributed by atoms with van der Waals surface area (Å²) in [5.41, 5.74) is 7.14. The van der Waals surface area contributed by atoms with Crippen molar-refractivity contribution in [1.82, 2.24) is 4.90 Å². The highest BCUT2D eigenvalue weighted by molar-refractivity contribution is 5.76. The molecular formula is C14H19F3N2O2. The van der Waals surface area contributed by atoms with E-state index in [0.717, 1.165) is 5.56 Å². The fourth-order valence-corrected chi connectivity index (χ4v) is 1.78. The van der Waals surface area contributed by atoms with Gasteiger partial charge in [-0.3, -0.25) is 4.79 Å². The number of anilines is 1. The Morgan fingerprint density at radius 1 is 1.43 bits per heavy atom. The lowest BCUT2D eigenvalue weighted by Crippen LogP contribution is -2.30. The first-order valence-corrected chi connectivity index (χ1v) is 6.46. The normalized spacial score (nSPS) is 13.0. The van der Waals surface area contributed by atoms with Gasteiger partial charge in [-0.1, -0.05) is 12.1 Å². The summed E-state index contributed by atoms with van der Waals surface area (Å²) in [5.74, 6) is -0.285. The molecule has 2 N–H and O–H groups in total. The molecule has 7 heteroatoms. The van der Waals surface area contributed by atoms with Crippen LogP contribution in [0, 0.1) is 0 Å². The minimum absolute atomic E-state index is 0.0980. The van der Waals surface area contributed by atoms with Crippen molar-refractivity contribution in [3.63, 3.8) is 0 Å². The number of hydrogen-bond donors (Lipinski definition) is 1. The van der Waals surface area contributed by atoms with Gasteiger partial charge in [-0.05, 0) is 24.6 Å². The third-order valence-electron chi connectivity index (χ3n) is 3.09. The second-order valence-electron chi connectivity index (χ2n) is 4.77. The molecule has 0 fully saturated rings. The first-order chi connectivity index (χ1) is 9.70. The zero-order valence-corrected chi connectivity index (χ0v) is 12.0. The summed E-state index contributed by atoms with van der Waals surface area (Å²) in [7, 11) is 1.60. The van der Waals surface area contributed by atoms with E-state index in [1.165, 1.54) is 4.90 Å². The van der Waals surface area contributed by atoms with Gasteiger partial charge in [-0.25, -0.2) is 0 Å². The molecule has 0 saturated heterocycles. The lowest BCUT2D eigenvalue weighted by Gasteiger charge is -2.25. The van der Waals surface area contributed by atoms with E-state index in [1.807, 2.05) is 13.0 Å². The van der Waals surface area contributed by atoms with Crippen LogP contribution in [0.4, 0.5) is 18.9 Å². The molecule has 0 aliphatic heterocycles. The molecule has 1 atom stereocenters. The van der Waals surface area contributed by atoms with E-state index in [0.29, 0.717) is 5.69 Å². The zero-order chi connectivity index (χ0) is 16.0. The standard InChI is InChI=1S/C14H19F3N2O2/c1-10(11-4-3-5-12(18)8-11)19(2)13(20)6-7-21-9-14(15,16)17/h3-5,8,10H,6-7,9,18H2,1-2H3. The van der Waals surface area contributed by atoms with Crippen molar-refractivity contribution in [1.29, 1.82) is 0 Å². The maximum Gasteiger partial charge on any atom is 0.411 e. The van der Waals surface area contributed by atoms with Crippen LogP contribution < -0.4 is 5.73 Å². The van der Waals surface area contributed by atoms with Crippen LogP contribution in [0.3, 0.4) is 0 Å². The SMILES string of the molecule is CC(c1cccc(N)c1)N(C)C(=O)CCOCC(F)(F)F. The maximum absolute atomic E-state index is 11.9. The van der Waals surface area contributed by atoms with E-state index in [-0.39, 0.29) is 25.0 Å². The summed E-state index contributed by atoms with van der Waals surface area (Å²) >= 11 is 0. The first kappa shape index (κ1) is 17.3. The van der Waals surface area contributed by atoms with Crippen LogP contribution in [0.15, 0.2) is 24.3 Å². The number of ether oxygens (including phenoxy) is 1. The number of nitrogens with zero attached hydrogens (tertiary/aromatic N) is 1. The molecule has 0 saturated carbocycles. The average Bonchev–Trinajstić information content (AvgIpc) is 2.40. The van der Waals surface area contributed by atoms with Gasteiger partial charge in [0.25, 0.3) is 0 Å². The van der Waals surface area contributed by atoms with Gasteiger partial charge in [-0.2, -0.15) is 13.2 Å². The molecule has 4 nitrogen and oxygen atoms in total. The maximum atomic E-state index is 11.9. The summed E-state index contributed by atoms with van der Waals surface area (Å²) in [6.45, 7) is 0.227. The first-order valence-electron chi connectivity index (χ1n) is 6.46. The van der Waals surface area contributed by atoms with Crippen molar-refractivity contribution in [2.45, 2.75) is 25.6 Å². The van der Waals surface area contributed by atoms with Crippen molar-refractivity contribution < 1.29 is 22.7 Å². The summed E-state index contributed by atoms with van der Waals surface area (Å²) < 4.78 is 40.1. The van der Waals surface area contributed by atoms with Gasteiger partial charge in [0.2, 0.25) is 5.91 Å². The lowest BCUT2D eigenvalue weighted by atomic mass is 10.1. The molecule has 1 aromatic rings. The van der Waals surface area contributed by atoms with Gasteiger partial charge in [0.1, 0.15) is 6.61 Å². The number of amides is 1. The minimum Gasteiger partial charge on any atom is -0.399 e. The fraction of sp³-hybridized carbons (Fsp3) is 0.500. The van der Waals surface area contributed by atoms with Gasteiger partial charge in [0, 0.05) is 12.7 Å². The quantitative estimate of drug-likeness (QED) is 0.649. The van der Waals surface area contributed by atoms with Crippen LogP contribution in [-0.4, -0.2) is 37.2 Å². The summed E-state index contributed by atoms with van der Waals surface area (Å²) in [6, 6.07) is 6.90. The van der Waals surface area contributed by atoms with Gasteiger partial charge in [0.15, 0.2) is 0 Å². The van der Waals surface area contributed by atoms with Gasteiger partial charge in [0.05, 0.1) is 19.1 Å². The number of rotatable bonds is 6. The van der Waals surface area contributed by atoms with Crippen molar-refractivity contribution in [2.24, 2.45) is 0 Å².